The first-order valence-corrected chi connectivity index (χ1v) is 3.01. The fourth-order valence-electron chi connectivity index (χ4n) is 0.714. The number of rotatable bonds is 2. The van der Waals surface area contributed by atoms with E-state index in [1.165, 1.54) is 18.3 Å². The maximum Gasteiger partial charge on any atom is 0.307 e. The largest absolute Gasteiger partial charge is 0.481 e. The second-order valence-electron chi connectivity index (χ2n) is 2.02. The molecule has 1 heterocycles. The van der Waals surface area contributed by atoms with Crippen LogP contribution in [0.4, 0.5) is 4.39 Å². The lowest BCUT2D eigenvalue weighted by Crippen LogP contribution is -2.03. The summed E-state index contributed by atoms with van der Waals surface area (Å²) in [5.41, 5.74) is 0.111. The molecule has 0 fully saturated rings. The average molecular weight is 155 g/mol. The summed E-state index contributed by atoms with van der Waals surface area (Å²) in [6.07, 6.45) is 0.959. The molecule has 0 saturated carbocycles. The van der Waals surface area contributed by atoms with Gasteiger partial charge in [0.1, 0.15) is 0 Å². The van der Waals surface area contributed by atoms with Crippen molar-refractivity contribution in [1.82, 2.24) is 4.98 Å². The number of nitrogens with zero attached hydrogens (tertiary/aromatic N) is 1. The second kappa shape index (κ2) is 3.09. The highest BCUT2D eigenvalue weighted by Gasteiger charge is 2.05. The van der Waals surface area contributed by atoms with Crippen molar-refractivity contribution < 1.29 is 14.3 Å². The van der Waals surface area contributed by atoms with Crippen molar-refractivity contribution in [3.63, 3.8) is 0 Å². The van der Waals surface area contributed by atoms with E-state index in [1.807, 2.05) is 0 Å². The van der Waals surface area contributed by atoms with Crippen LogP contribution in [0.3, 0.4) is 0 Å². The molecule has 1 N–H and O–H groups in total. The summed E-state index contributed by atoms with van der Waals surface area (Å²) in [4.78, 5) is 13.4. The summed E-state index contributed by atoms with van der Waals surface area (Å²) < 4.78 is 12.6. The maximum atomic E-state index is 12.6. The van der Waals surface area contributed by atoms with Gasteiger partial charge in [0.25, 0.3) is 0 Å². The Hall–Kier alpha value is -1.45. The van der Waals surface area contributed by atoms with Gasteiger partial charge in [-0.05, 0) is 6.07 Å². The Morgan fingerprint density at radius 3 is 3.00 bits per heavy atom. The molecule has 0 amide bonds. The van der Waals surface area contributed by atoms with Gasteiger partial charge in [0.05, 0.1) is 6.42 Å². The van der Waals surface area contributed by atoms with E-state index in [0.717, 1.165) is 0 Å². The first kappa shape index (κ1) is 7.65. The molecular formula is C7H6FNO2. The summed E-state index contributed by atoms with van der Waals surface area (Å²) in [6, 6.07) is 2.90. The number of hydrogen-bond acceptors (Lipinski definition) is 2. The first-order chi connectivity index (χ1) is 5.20. The average Bonchev–Trinajstić information content (AvgIpc) is 1.93. The molecule has 11 heavy (non-hydrogen) atoms. The van der Waals surface area contributed by atoms with Gasteiger partial charge < -0.3 is 5.11 Å². The molecule has 0 aliphatic carbocycles. The normalized spacial score (nSPS) is 9.55. The highest BCUT2D eigenvalue weighted by molar-refractivity contribution is 5.70. The number of carboxylic acid groups (broad SMARTS) is 1. The van der Waals surface area contributed by atoms with Crippen LogP contribution in [0.25, 0.3) is 0 Å². The molecule has 0 spiro atoms. The van der Waals surface area contributed by atoms with Crippen LogP contribution < -0.4 is 0 Å². The fourth-order valence-corrected chi connectivity index (χ4v) is 0.714. The van der Waals surface area contributed by atoms with Crippen LogP contribution in [0, 0.1) is 5.95 Å². The topological polar surface area (TPSA) is 50.2 Å². The Bertz CT molecular complexity index is 275. The van der Waals surface area contributed by atoms with E-state index in [0.29, 0.717) is 0 Å². The molecule has 0 saturated heterocycles. The van der Waals surface area contributed by atoms with Gasteiger partial charge in [-0.2, -0.15) is 4.39 Å². The summed E-state index contributed by atoms with van der Waals surface area (Å²) in [6.45, 7) is 0. The van der Waals surface area contributed by atoms with Crippen molar-refractivity contribution in [2.24, 2.45) is 0 Å². The van der Waals surface area contributed by atoms with Gasteiger partial charge in [-0.1, -0.05) is 6.07 Å². The van der Waals surface area contributed by atoms with E-state index in [1.54, 1.807) is 0 Å². The van der Waals surface area contributed by atoms with Crippen molar-refractivity contribution in [3.05, 3.63) is 29.8 Å². The highest BCUT2D eigenvalue weighted by Crippen LogP contribution is 2.03. The molecule has 0 aromatic carbocycles. The molecular weight excluding hydrogens is 149 g/mol. The van der Waals surface area contributed by atoms with Crippen molar-refractivity contribution in [1.29, 1.82) is 0 Å². The van der Waals surface area contributed by atoms with Crippen LogP contribution in [-0.4, -0.2) is 16.1 Å². The van der Waals surface area contributed by atoms with E-state index in [-0.39, 0.29) is 12.0 Å². The minimum atomic E-state index is -1.06. The molecule has 0 unspecified atom stereocenters. The lowest BCUT2D eigenvalue weighted by atomic mass is 10.2. The summed E-state index contributed by atoms with van der Waals surface area (Å²) in [5, 5.41) is 8.30. The summed E-state index contributed by atoms with van der Waals surface area (Å²) in [7, 11) is 0. The van der Waals surface area contributed by atoms with Crippen LogP contribution in [0.5, 0.6) is 0 Å². The van der Waals surface area contributed by atoms with E-state index < -0.39 is 11.9 Å². The van der Waals surface area contributed by atoms with Crippen LogP contribution in [-0.2, 0) is 11.2 Å². The Balaban J connectivity index is 2.86. The number of carbonyl (C=O) groups is 1. The van der Waals surface area contributed by atoms with Gasteiger partial charge in [0.2, 0.25) is 5.95 Å². The Morgan fingerprint density at radius 2 is 2.45 bits per heavy atom. The third kappa shape index (κ3) is 2.00. The molecule has 58 valence electrons. The smallest absolute Gasteiger partial charge is 0.307 e. The molecule has 1 rings (SSSR count). The van der Waals surface area contributed by atoms with Crippen molar-refractivity contribution in [2.45, 2.75) is 6.42 Å². The van der Waals surface area contributed by atoms with E-state index in [4.69, 9.17) is 5.11 Å². The van der Waals surface area contributed by atoms with Crippen molar-refractivity contribution >= 4 is 5.97 Å². The highest BCUT2D eigenvalue weighted by atomic mass is 19.1. The Kier molecular flexibility index (Phi) is 2.15. The number of carboxylic acids is 1. The third-order valence-electron chi connectivity index (χ3n) is 1.18. The van der Waals surface area contributed by atoms with E-state index >= 15 is 0 Å². The molecule has 3 nitrogen and oxygen atoms in total. The standard InChI is InChI=1S/C7H6FNO2/c8-7-5(4-6(10)11)2-1-3-9-7/h1-3H,4H2,(H,10,11). The molecule has 0 aliphatic rings. The second-order valence-corrected chi connectivity index (χ2v) is 2.02. The Labute approximate surface area is 62.5 Å². The molecule has 0 radical (unpaired) electrons. The van der Waals surface area contributed by atoms with Gasteiger partial charge in [0.15, 0.2) is 0 Å². The molecule has 0 aliphatic heterocycles. The van der Waals surface area contributed by atoms with Gasteiger partial charge in [0, 0.05) is 11.8 Å². The van der Waals surface area contributed by atoms with Crippen LogP contribution >= 0.6 is 0 Å². The van der Waals surface area contributed by atoms with Crippen molar-refractivity contribution in [3.8, 4) is 0 Å². The van der Waals surface area contributed by atoms with Crippen molar-refractivity contribution in [2.75, 3.05) is 0 Å². The number of halogens is 1. The molecule has 1 aromatic rings. The molecule has 4 heteroatoms. The zero-order valence-electron chi connectivity index (χ0n) is 5.62. The van der Waals surface area contributed by atoms with Gasteiger partial charge in [-0.15, -0.1) is 0 Å². The predicted octanol–water partition coefficient (Wildman–Crippen LogP) is 0.848. The molecule has 0 atom stereocenters. The van der Waals surface area contributed by atoms with Gasteiger partial charge in [-0.25, -0.2) is 4.98 Å². The van der Waals surface area contributed by atoms with Gasteiger partial charge >= 0.3 is 5.97 Å². The molecule has 1 aromatic heterocycles. The number of hydrogen-bond donors (Lipinski definition) is 1. The zero-order chi connectivity index (χ0) is 8.27. The summed E-state index contributed by atoms with van der Waals surface area (Å²) >= 11 is 0. The monoisotopic (exact) mass is 155 g/mol. The van der Waals surface area contributed by atoms with Crippen LogP contribution in [0.1, 0.15) is 5.56 Å². The third-order valence-corrected chi connectivity index (χ3v) is 1.18. The van der Waals surface area contributed by atoms with Crippen LogP contribution in [0.15, 0.2) is 18.3 Å². The predicted molar refractivity (Wildman–Crippen MR) is 35.5 cm³/mol. The van der Waals surface area contributed by atoms with E-state index in [2.05, 4.69) is 4.98 Å². The number of aliphatic carboxylic acids is 1. The summed E-state index contributed by atoms with van der Waals surface area (Å²) in [5.74, 6) is -1.77. The first-order valence-electron chi connectivity index (χ1n) is 3.01. The maximum absolute atomic E-state index is 12.6. The van der Waals surface area contributed by atoms with Gasteiger partial charge in [-0.3, -0.25) is 4.79 Å². The number of pyridine rings is 1. The lowest BCUT2D eigenvalue weighted by Gasteiger charge is -1.95. The minimum Gasteiger partial charge on any atom is -0.481 e. The zero-order valence-corrected chi connectivity index (χ0v) is 5.62. The SMILES string of the molecule is O=C(O)Cc1cccnc1F. The van der Waals surface area contributed by atoms with E-state index in [9.17, 15) is 9.18 Å². The lowest BCUT2D eigenvalue weighted by molar-refractivity contribution is -0.136. The minimum absolute atomic E-state index is 0.111. The van der Waals surface area contributed by atoms with Crippen LogP contribution in [0.2, 0.25) is 0 Å². The molecule has 0 bridgehead atoms. The number of aromatic nitrogens is 1. The fraction of sp³-hybridized carbons (Fsp3) is 0.143. The Morgan fingerprint density at radius 1 is 1.73 bits per heavy atom. The quantitative estimate of drug-likeness (QED) is 0.644.